The van der Waals surface area contributed by atoms with Gasteiger partial charge >= 0.3 is 5.97 Å². The summed E-state index contributed by atoms with van der Waals surface area (Å²) < 4.78 is 5.95. The molecule has 2 aromatic carbocycles. The maximum absolute atomic E-state index is 12.2. The molecule has 0 saturated heterocycles. The SMILES string of the molecule is COc1ccc(C(=O)O)cc1NC(=S)NC(=O)c1ccccc1I. The number of benzene rings is 2. The lowest BCUT2D eigenvalue weighted by molar-refractivity contribution is 0.0696. The molecule has 6 nitrogen and oxygen atoms in total. The average molecular weight is 456 g/mol. The van der Waals surface area contributed by atoms with Crippen LogP contribution in [0.3, 0.4) is 0 Å². The number of amides is 1. The molecule has 1 amide bonds. The molecule has 8 heteroatoms. The Kier molecular flexibility index (Phi) is 6.10. The third-order valence-electron chi connectivity index (χ3n) is 3.04. The van der Waals surface area contributed by atoms with E-state index >= 15 is 0 Å². The van der Waals surface area contributed by atoms with E-state index in [9.17, 15) is 9.59 Å². The molecule has 0 aliphatic carbocycles. The van der Waals surface area contributed by atoms with Crippen LogP contribution in [0.5, 0.6) is 5.75 Å². The predicted octanol–water partition coefficient (Wildman–Crippen LogP) is 3.12. The first-order valence-electron chi connectivity index (χ1n) is 6.70. The molecule has 124 valence electrons. The second-order valence-electron chi connectivity index (χ2n) is 4.61. The molecule has 0 atom stereocenters. The number of carboxylic acid groups (broad SMARTS) is 1. The van der Waals surface area contributed by atoms with Crippen LogP contribution in [0.4, 0.5) is 5.69 Å². The Balaban J connectivity index is 2.15. The van der Waals surface area contributed by atoms with E-state index in [1.165, 1.54) is 25.3 Å². The maximum atomic E-state index is 12.2. The van der Waals surface area contributed by atoms with Gasteiger partial charge in [-0.1, -0.05) is 12.1 Å². The molecule has 2 aromatic rings. The summed E-state index contributed by atoms with van der Waals surface area (Å²) in [5.74, 6) is -1.02. The number of hydrogen-bond acceptors (Lipinski definition) is 4. The molecule has 0 saturated carbocycles. The fourth-order valence-corrected chi connectivity index (χ4v) is 2.74. The number of aromatic carboxylic acids is 1. The second-order valence-corrected chi connectivity index (χ2v) is 6.18. The number of rotatable bonds is 4. The Bertz CT molecular complexity index is 810. The number of halogens is 1. The van der Waals surface area contributed by atoms with E-state index < -0.39 is 5.97 Å². The van der Waals surface area contributed by atoms with Crippen LogP contribution in [0.2, 0.25) is 0 Å². The van der Waals surface area contributed by atoms with Gasteiger partial charge in [-0.15, -0.1) is 0 Å². The molecular weight excluding hydrogens is 443 g/mol. The van der Waals surface area contributed by atoms with Crippen molar-refractivity contribution in [2.24, 2.45) is 0 Å². The zero-order chi connectivity index (χ0) is 17.7. The number of anilines is 1. The molecule has 0 aromatic heterocycles. The van der Waals surface area contributed by atoms with Gasteiger partial charge in [0, 0.05) is 3.57 Å². The quantitative estimate of drug-likeness (QED) is 0.484. The summed E-state index contributed by atoms with van der Waals surface area (Å²) in [7, 11) is 1.45. The smallest absolute Gasteiger partial charge is 0.335 e. The van der Waals surface area contributed by atoms with Gasteiger partial charge in [-0.2, -0.15) is 0 Å². The lowest BCUT2D eigenvalue weighted by Crippen LogP contribution is -2.34. The van der Waals surface area contributed by atoms with Crippen molar-refractivity contribution in [1.29, 1.82) is 0 Å². The van der Waals surface area contributed by atoms with E-state index in [0.29, 0.717) is 17.0 Å². The largest absolute Gasteiger partial charge is 0.495 e. The fourth-order valence-electron chi connectivity index (χ4n) is 1.91. The molecule has 0 spiro atoms. The topological polar surface area (TPSA) is 87.7 Å². The minimum Gasteiger partial charge on any atom is -0.495 e. The van der Waals surface area contributed by atoms with Crippen molar-refractivity contribution in [2.45, 2.75) is 0 Å². The molecule has 0 unspecified atom stereocenters. The summed E-state index contributed by atoms with van der Waals surface area (Å²) in [4.78, 5) is 23.3. The Morgan fingerprint density at radius 1 is 1.21 bits per heavy atom. The average Bonchev–Trinajstić information content (AvgIpc) is 2.54. The van der Waals surface area contributed by atoms with Gasteiger partial charge in [-0.25, -0.2) is 4.79 Å². The fraction of sp³-hybridized carbons (Fsp3) is 0.0625. The van der Waals surface area contributed by atoms with E-state index in [4.69, 9.17) is 22.1 Å². The Hall–Kier alpha value is -2.20. The summed E-state index contributed by atoms with van der Waals surface area (Å²) >= 11 is 7.18. The predicted molar refractivity (Wildman–Crippen MR) is 103 cm³/mol. The van der Waals surface area contributed by atoms with Gasteiger partial charge in [-0.3, -0.25) is 10.1 Å². The second kappa shape index (κ2) is 8.06. The van der Waals surface area contributed by atoms with Crippen LogP contribution in [-0.4, -0.2) is 29.2 Å². The summed E-state index contributed by atoms with van der Waals surface area (Å²) in [6, 6.07) is 11.4. The Morgan fingerprint density at radius 3 is 2.54 bits per heavy atom. The Morgan fingerprint density at radius 2 is 1.92 bits per heavy atom. The van der Waals surface area contributed by atoms with Gasteiger partial charge in [0.05, 0.1) is 23.9 Å². The Labute approximate surface area is 157 Å². The van der Waals surface area contributed by atoms with E-state index in [2.05, 4.69) is 33.2 Å². The molecule has 2 rings (SSSR count). The number of ether oxygens (including phenoxy) is 1. The number of thiocarbonyl (C=S) groups is 1. The first-order chi connectivity index (χ1) is 11.4. The standard InChI is InChI=1S/C16H13IN2O4S/c1-23-13-7-6-9(15(21)22)8-12(13)18-16(24)19-14(20)10-4-2-3-5-11(10)17/h2-8H,1H3,(H,21,22)(H2,18,19,20,24). The van der Waals surface area contributed by atoms with Crippen molar-refractivity contribution in [2.75, 3.05) is 12.4 Å². The highest BCUT2D eigenvalue weighted by Crippen LogP contribution is 2.25. The number of carbonyl (C=O) groups excluding carboxylic acids is 1. The van der Waals surface area contributed by atoms with Crippen molar-refractivity contribution in [3.05, 3.63) is 57.2 Å². The van der Waals surface area contributed by atoms with E-state index in [1.807, 2.05) is 12.1 Å². The van der Waals surface area contributed by atoms with Crippen LogP contribution < -0.4 is 15.4 Å². The van der Waals surface area contributed by atoms with E-state index in [1.54, 1.807) is 12.1 Å². The first kappa shape index (κ1) is 18.1. The molecule has 3 N–H and O–H groups in total. The van der Waals surface area contributed by atoms with Crippen LogP contribution >= 0.6 is 34.8 Å². The lowest BCUT2D eigenvalue weighted by atomic mass is 10.2. The number of nitrogens with one attached hydrogen (secondary N) is 2. The highest BCUT2D eigenvalue weighted by molar-refractivity contribution is 14.1. The van der Waals surface area contributed by atoms with Crippen molar-refractivity contribution >= 4 is 57.5 Å². The highest BCUT2D eigenvalue weighted by atomic mass is 127. The van der Waals surface area contributed by atoms with Crippen LogP contribution in [0.15, 0.2) is 42.5 Å². The van der Waals surface area contributed by atoms with Gasteiger partial charge in [0.15, 0.2) is 5.11 Å². The summed E-state index contributed by atoms with van der Waals surface area (Å²) in [5, 5.41) is 14.4. The summed E-state index contributed by atoms with van der Waals surface area (Å²) in [5.41, 5.74) is 0.920. The molecular formula is C16H13IN2O4S. The zero-order valence-corrected chi connectivity index (χ0v) is 15.5. The number of hydrogen-bond donors (Lipinski definition) is 3. The first-order valence-corrected chi connectivity index (χ1v) is 8.19. The lowest BCUT2D eigenvalue weighted by Gasteiger charge is -2.13. The van der Waals surface area contributed by atoms with Crippen LogP contribution in [0, 0.1) is 3.57 Å². The van der Waals surface area contributed by atoms with Crippen molar-refractivity contribution in [1.82, 2.24) is 5.32 Å². The van der Waals surface area contributed by atoms with Crippen molar-refractivity contribution < 1.29 is 19.4 Å². The number of methoxy groups -OCH3 is 1. The van der Waals surface area contributed by atoms with Crippen LogP contribution in [0.25, 0.3) is 0 Å². The third-order valence-corrected chi connectivity index (χ3v) is 4.18. The minimum absolute atomic E-state index is 0.0421. The minimum atomic E-state index is -1.07. The normalized spacial score (nSPS) is 9.92. The van der Waals surface area contributed by atoms with E-state index in [0.717, 1.165) is 3.57 Å². The number of carboxylic acids is 1. The van der Waals surface area contributed by atoms with Gasteiger partial charge in [0.1, 0.15) is 5.75 Å². The molecule has 0 bridgehead atoms. The molecule has 0 aliphatic heterocycles. The maximum Gasteiger partial charge on any atom is 0.335 e. The zero-order valence-electron chi connectivity index (χ0n) is 12.5. The molecule has 0 heterocycles. The van der Waals surface area contributed by atoms with Gasteiger partial charge in [0.25, 0.3) is 5.91 Å². The summed E-state index contributed by atoms with van der Waals surface area (Å²) in [6.07, 6.45) is 0. The van der Waals surface area contributed by atoms with Gasteiger partial charge in [-0.05, 0) is 65.1 Å². The van der Waals surface area contributed by atoms with Crippen LogP contribution in [-0.2, 0) is 0 Å². The molecule has 0 aliphatic rings. The highest BCUT2D eigenvalue weighted by Gasteiger charge is 2.13. The molecule has 0 fully saturated rings. The van der Waals surface area contributed by atoms with Gasteiger partial charge < -0.3 is 15.2 Å². The summed E-state index contributed by atoms with van der Waals surface area (Å²) in [6.45, 7) is 0. The third kappa shape index (κ3) is 4.42. The van der Waals surface area contributed by atoms with Crippen molar-refractivity contribution in [3.63, 3.8) is 0 Å². The number of carbonyl (C=O) groups is 2. The monoisotopic (exact) mass is 456 g/mol. The van der Waals surface area contributed by atoms with Crippen LogP contribution in [0.1, 0.15) is 20.7 Å². The molecule has 24 heavy (non-hydrogen) atoms. The van der Waals surface area contributed by atoms with Gasteiger partial charge in [0.2, 0.25) is 0 Å². The van der Waals surface area contributed by atoms with Crippen molar-refractivity contribution in [3.8, 4) is 5.75 Å². The van der Waals surface area contributed by atoms with E-state index in [-0.39, 0.29) is 16.6 Å². The molecule has 0 radical (unpaired) electrons.